The zero-order valence-corrected chi connectivity index (χ0v) is 11.6. The van der Waals surface area contributed by atoms with Gasteiger partial charge in [0.1, 0.15) is 17.6 Å². The molecule has 1 heterocycles. The molecule has 1 aromatic heterocycles. The normalized spacial score (nSPS) is 11.6. The summed E-state index contributed by atoms with van der Waals surface area (Å²) < 4.78 is 11.2. The predicted octanol–water partition coefficient (Wildman–Crippen LogP) is 3.02. The standard InChI is InChI=1S/C15H20N2O2/c1-15(2,3)19-13-6-4-11(5-7-13)14-17-12(8-9-16)10-18-14/h4-7,10H,8-9,16H2,1-3H3. The van der Waals surface area contributed by atoms with E-state index in [2.05, 4.69) is 4.98 Å². The Morgan fingerprint density at radius 1 is 1.21 bits per heavy atom. The van der Waals surface area contributed by atoms with Gasteiger partial charge in [0.25, 0.3) is 0 Å². The van der Waals surface area contributed by atoms with Gasteiger partial charge in [-0.05, 0) is 51.6 Å². The van der Waals surface area contributed by atoms with E-state index in [9.17, 15) is 0 Å². The number of rotatable bonds is 4. The lowest BCUT2D eigenvalue weighted by atomic mass is 10.1. The van der Waals surface area contributed by atoms with Crippen molar-refractivity contribution in [3.8, 4) is 17.2 Å². The maximum absolute atomic E-state index is 5.77. The second kappa shape index (κ2) is 5.45. The van der Waals surface area contributed by atoms with Gasteiger partial charge in [0.05, 0.1) is 5.69 Å². The smallest absolute Gasteiger partial charge is 0.226 e. The van der Waals surface area contributed by atoms with Crippen molar-refractivity contribution in [3.05, 3.63) is 36.2 Å². The van der Waals surface area contributed by atoms with Crippen molar-refractivity contribution < 1.29 is 9.15 Å². The van der Waals surface area contributed by atoms with Gasteiger partial charge in [0.15, 0.2) is 0 Å². The lowest BCUT2D eigenvalue weighted by molar-refractivity contribution is 0.131. The second-order valence-electron chi connectivity index (χ2n) is 5.42. The Hall–Kier alpha value is -1.81. The molecule has 0 bridgehead atoms. The first-order chi connectivity index (χ1) is 8.98. The number of oxazole rings is 1. The molecule has 0 aliphatic heterocycles. The first kappa shape index (κ1) is 13.6. The molecular formula is C15H20N2O2. The maximum Gasteiger partial charge on any atom is 0.226 e. The molecule has 0 spiro atoms. The Kier molecular flexibility index (Phi) is 3.90. The Bertz CT molecular complexity index is 524. The Labute approximate surface area is 113 Å². The molecule has 102 valence electrons. The quantitative estimate of drug-likeness (QED) is 0.918. The third-order valence-corrected chi connectivity index (χ3v) is 2.48. The van der Waals surface area contributed by atoms with Crippen LogP contribution in [-0.4, -0.2) is 17.1 Å². The number of aromatic nitrogens is 1. The van der Waals surface area contributed by atoms with Crippen LogP contribution in [0.4, 0.5) is 0 Å². The lowest BCUT2D eigenvalue weighted by Gasteiger charge is -2.21. The monoisotopic (exact) mass is 260 g/mol. The molecular weight excluding hydrogens is 240 g/mol. The van der Waals surface area contributed by atoms with Gasteiger partial charge >= 0.3 is 0 Å². The van der Waals surface area contributed by atoms with Crippen molar-refractivity contribution in [2.45, 2.75) is 32.8 Å². The largest absolute Gasteiger partial charge is 0.488 e. The van der Waals surface area contributed by atoms with Crippen LogP contribution in [-0.2, 0) is 6.42 Å². The molecule has 0 unspecified atom stereocenters. The van der Waals surface area contributed by atoms with Crippen molar-refractivity contribution in [1.82, 2.24) is 4.98 Å². The Morgan fingerprint density at radius 2 is 1.89 bits per heavy atom. The highest BCUT2D eigenvalue weighted by atomic mass is 16.5. The number of nitrogens with zero attached hydrogens (tertiary/aromatic N) is 1. The van der Waals surface area contributed by atoms with Gasteiger partial charge < -0.3 is 14.9 Å². The zero-order chi connectivity index (χ0) is 13.9. The third kappa shape index (κ3) is 3.83. The van der Waals surface area contributed by atoms with Gasteiger partial charge in [-0.25, -0.2) is 4.98 Å². The Balaban J connectivity index is 2.13. The van der Waals surface area contributed by atoms with Gasteiger partial charge in [-0.1, -0.05) is 0 Å². The van der Waals surface area contributed by atoms with Crippen molar-refractivity contribution in [1.29, 1.82) is 0 Å². The summed E-state index contributed by atoms with van der Waals surface area (Å²) >= 11 is 0. The van der Waals surface area contributed by atoms with E-state index in [1.807, 2.05) is 45.0 Å². The minimum absolute atomic E-state index is 0.196. The van der Waals surface area contributed by atoms with Crippen molar-refractivity contribution in [2.75, 3.05) is 6.54 Å². The van der Waals surface area contributed by atoms with Crippen LogP contribution < -0.4 is 10.5 Å². The molecule has 0 radical (unpaired) electrons. The molecule has 0 aliphatic carbocycles. The molecule has 2 aromatic rings. The van der Waals surface area contributed by atoms with E-state index in [0.717, 1.165) is 23.4 Å². The molecule has 4 nitrogen and oxygen atoms in total. The zero-order valence-electron chi connectivity index (χ0n) is 11.6. The van der Waals surface area contributed by atoms with E-state index in [1.165, 1.54) is 0 Å². The number of ether oxygens (including phenoxy) is 1. The SMILES string of the molecule is CC(C)(C)Oc1ccc(-c2nc(CCN)co2)cc1. The van der Waals surface area contributed by atoms with E-state index >= 15 is 0 Å². The van der Waals surface area contributed by atoms with Gasteiger partial charge in [0.2, 0.25) is 5.89 Å². The first-order valence-corrected chi connectivity index (χ1v) is 6.42. The topological polar surface area (TPSA) is 61.3 Å². The number of nitrogens with two attached hydrogens (primary N) is 1. The van der Waals surface area contributed by atoms with E-state index < -0.39 is 0 Å². The first-order valence-electron chi connectivity index (χ1n) is 6.42. The minimum atomic E-state index is -0.196. The van der Waals surface area contributed by atoms with Crippen LogP contribution in [0.25, 0.3) is 11.5 Å². The number of hydrogen-bond donors (Lipinski definition) is 1. The molecule has 4 heteroatoms. The van der Waals surface area contributed by atoms with Crippen LogP contribution >= 0.6 is 0 Å². The van der Waals surface area contributed by atoms with Crippen molar-refractivity contribution in [3.63, 3.8) is 0 Å². The van der Waals surface area contributed by atoms with Gasteiger partial charge in [-0.15, -0.1) is 0 Å². The van der Waals surface area contributed by atoms with Crippen LogP contribution in [0.15, 0.2) is 34.9 Å². The molecule has 0 atom stereocenters. The molecule has 0 aliphatic rings. The van der Waals surface area contributed by atoms with Crippen LogP contribution in [0.1, 0.15) is 26.5 Å². The fraction of sp³-hybridized carbons (Fsp3) is 0.400. The van der Waals surface area contributed by atoms with Crippen LogP contribution in [0, 0.1) is 0 Å². The summed E-state index contributed by atoms with van der Waals surface area (Å²) in [6.45, 7) is 6.64. The van der Waals surface area contributed by atoms with E-state index in [4.69, 9.17) is 14.9 Å². The minimum Gasteiger partial charge on any atom is -0.488 e. The van der Waals surface area contributed by atoms with Crippen LogP contribution in [0.5, 0.6) is 5.75 Å². The molecule has 2 rings (SSSR count). The van der Waals surface area contributed by atoms with Gasteiger partial charge in [-0.3, -0.25) is 0 Å². The molecule has 1 aromatic carbocycles. The summed E-state index contributed by atoms with van der Waals surface area (Å²) in [5, 5.41) is 0. The molecule has 2 N–H and O–H groups in total. The average molecular weight is 260 g/mol. The molecule has 0 amide bonds. The summed E-state index contributed by atoms with van der Waals surface area (Å²) in [5.41, 5.74) is 7.11. The average Bonchev–Trinajstić information content (AvgIpc) is 2.77. The van der Waals surface area contributed by atoms with Crippen LogP contribution in [0.3, 0.4) is 0 Å². The summed E-state index contributed by atoms with van der Waals surface area (Å²) in [4.78, 5) is 4.39. The highest BCUT2D eigenvalue weighted by Crippen LogP contribution is 2.24. The van der Waals surface area contributed by atoms with Crippen molar-refractivity contribution >= 4 is 0 Å². The third-order valence-electron chi connectivity index (χ3n) is 2.48. The fourth-order valence-electron chi connectivity index (χ4n) is 1.72. The van der Waals surface area contributed by atoms with Gasteiger partial charge in [0, 0.05) is 12.0 Å². The molecule has 0 fully saturated rings. The maximum atomic E-state index is 5.77. The molecule has 0 saturated heterocycles. The Morgan fingerprint density at radius 3 is 2.47 bits per heavy atom. The lowest BCUT2D eigenvalue weighted by Crippen LogP contribution is -2.22. The van der Waals surface area contributed by atoms with E-state index in [-0.39, 0.29) is 5.60 Å². The van der Waals surface area contributed by atoms with E-state index in [0.29, 0.717) is 12.4 Å². The van der Waals surface area contributed by atoms with Crippen molar-refractivity contribution in [2.24, 2.45) is 5.73 Å². The highest BCUT2D eigenvalue weighted by Gasteiger charge is 2.12. The summed E-state index contributed by atoms with van der Waals surface area (Å²) in [6.07, 6.45) is 2.39. The summed E-state index contributed by atoms with van der Waals surface area (Å²) in [5.74, 6) is 1.45. The van der Waals surface area contributed by atoms with Crippen LogP contribution in [0.2, 0.25) is 0 Å². The fourth-order valence-corrected chi connectivity index (χ4v) is 1.72. The number of benzene rings is 1. The molecule has 19 heavy (non-hydrogen) atoms. The predicted molar refractivity (Wildman–Crippen MR) is 75.1 cm³/mol. The summed E-state index contributed by atoms with van der Waals surface area (Å²) in [6, 6.07) is 7.74. The highest BCUT2D eigenvalue weighted by molar-refractivity contribution is 5.54. The van der Waals surface area contributed by atoms with E-state index in [1.54, 1.807) is 6.26 Å². The number of hydrogen-bond acceptors (Lipinski definition) is 4. The molecule has 0 saturated carbocycles. The second-order valence-corrected chi connectivity index (χ2v) is 5.42. The summed E-state index contributed by atoms with van der Waals surface area (Å²) in [7, 11) is 0. The van der Waals surface area contributed by atoms with Gasteiger partial charge in [-0.2, -0.15) is 0 Å².